The summed E-state index contributed by atoms with van der Waals surface area (Å²) in [6.07, 6.45) is 0. The smallest absolute Gasteiger partial charge is 0.194 e. The van der Waals surface area contributed by atoms with Gasteiger partial charge in [-0.05, 0) is 47.5 Å². The largest absolute Gasteiger partial charge is 0.289 e. The second-order valence-electron chi connectivity index (χ2n) is 3.71. The molecule has 0 atom stereocenters. The van der Waals surface area contributed by atoms with E-state index in [9.17, 15) is 13.6 Å². The molecular weight excluding hydrogens is 210 g/mol. The first kappa shape index (κ1) is 9.21. The van der Waals surface area contributed by atoms with Gasteiger partial charge in [0, 0.05) is 11.1 Å². The Kier molecular flexibility index (Phi) is 1.72. The summed E-state index contributed by atoms with van der Waals surface area (Å²) in [5.74, 6) is -1.03. The van der Waals surface area contributed by atoms with Gasteiger partial charge in [-0.2, -0.15) is 0 Å². The number of carbonyl (C=O) groups excluding carboxylic acids is 1. The molecule has 0 fully saturated rings. The van der Waals surface area contributed by atoms with E-state index in [0.29, 0.717) is 22.3 Å². The first-order valence-corrected chi connectivity index (χ1v) is 4.81. The zero-order valence-corrected chi connectivity index (χ0v) is 8.13. The minimum atomic E-state index is -0.427. The summed E-state index contributed by atoms with van der Waals surface area (Å²) in [4.78, 5) is 11.9. The fourth-order valence-electron chi connectivity index (χ4n) is 2.02. The highest BCUT2D eigenvalue weighted by Gasteiger charge is 2.26. The van der Waals surface area contributed by atoms with Gasteiger partial charge in [-0.3, -0.25) is 4.79 Å². The number of ketones is 1. The van der Waals surface area contributed by atoms with E-state index < -0.39 is 11.6 Å². The van der Waals surface area contributed by atoms with E-state index in [1.165, 1.54) is 36.4 Å². The van der Waals surface area contributed by atoms with Crippen LogP contribution >= 0.6 is 0 Å². The summed E-state index contributed by atoms with van der Waals surface area (Å²) in [6, 6.07) is 7.87. The van der Waals surface area contributed by atoms with Crippen molar-refractivity contribution in [3.05, 3.63) is 59.2 Å². The van der Waals surface area contributed by atoms with Crippen LogP contribution in [-0.2, 0) is 0 Å². The van der Waals surface area contributed by atoms with Gasteiger partial charge in [0.15, 0.2) is 5.78 Å². The van der Waals surface area contributed by atoms with Crippen molar-refractivity contribution in [2.75, 3.05) is 0 Å². The third-order valence-electron chi connectivity index (χ3n) is 2.74. The Bertz CT molecular complexity index is 564. The van der Waals surface area contributed by atoms with Crippen molar-refractivity contribution >= 4 is 5.78 Å². The predicted molar refractivity (Wildman–Crippen MR) is 55.2 cm³/mol. The molecule has 1 aliphatic carbocycles. The molecule has 0 radical (unpaired) electrons. The molecule has 3 rings (SSSR count). The van der Waals surface area contributed by atoms with E-state index in [2.05, 4.69) is 0 Å². The van der Waals surface area contributed by atoms with Crippen molar-refractivity contribution in [1.29, 1.82) is 0 Å². The molecule has 0 spiro atoms. The van der Waals surface area contributed by atoms with Gasteiger partial charge in [-0.15, -0.1) is 0 Å². The molecule has 1 aliphatic rings. The molecule has 0 bridgehead atoms. The summed E-state index contributed by atoms with van der Waals surface area (Å²) in [5.41, 5.74) is 1.81. The zero-order chi connectivity index (χ0) is 11.3. The second kappa shape index (κ2) is 2.98. The number of hydrogen-bond donors (Lipinski definition) is 0. The Morgan fingerprint density at radius 2 is 1.12 bits per heavy atom. The van der Waals surface area contributed by atoms with Crippen molar-refractivity contribution in [2.45, 2.75) is 0 Å². The standard InChI is InChI=1S/C13H6F2O/c14-7-1-3-9-11(5-7)12-6-8(15)2-4-10(12)13(9)16/h1-6H. The lowest BCUT2D eigenvalue weighted by atomic mass is 10.1. The van der Waals surface area contributed by atoms with Crippen LogP contribution in [0.3, 0.4) is 0 Å². The van der Waals surface area contributed by atoms with Crippen LogP contribution in [0, 0.1) is 11.6 Å². The maximum atomic E-state index is 13.1. The molecule has 0 N–H and O–H groups in total. The average molecular weight is 216 g/mol. The Hall–Kier alpha value is -2.03. The molecule has 3 heteroatoms. The number of halogens is 2. The maximum Gasteiger partial charge on any atom is 0.194 e. The molecule has 2 aromatic carbocycles. The first-order valence-electron chi connectivity index (χ1n) is 4.81. The molecule has 0 saturated heterocycles. The molecule has 0 heterocycles. The molecule has 0 aromatic heterocycles. The quantitative estimate of drug-likeness (QED) is 0.564. The molecule has 0 unspecified atom stereocenters. The van der Waals surface area contributed by atoms with Gasteiger partial charge >= 0.3 is 0 Å². The maximum absolute atomic E-state index is 13.1. The SMILES string of the molecule is O=C1c2ccc(F)cc2-c2cc(F)ccc21. The number of hydrogen-bond acceptors (Lipinski definition) is 1. The van der Waals surface area contributed by atoms with Crippen LogP contribution in [0.5, 0.6) is 0 Å². The van der Waals surface area contributed by atoms with Gasteiger partial charge < -0.3 is 0 Å². The monoisotopic (exact) mass is 216 g/mol. The van der Waals surface area contributed by atoms with Crippen LogP contribution in [0.2, 0.25) is 0 Å². The third-order valence-corrected chi connectivity index (χ3v) is 2.74. The fraction of sp³-hybridized carbons (Fsp3) is 0. The molecule has 78 valence electrons. The molecule has 0 amide bonds. The van der Waals surface area contributed by atoms with E-state index in [4.69, 9.17) is 0 Å². The van der Waals surface area contributed by atoms with Crippen LogP contribution in [0.15, 0.2) is 36.4 Å². The fourth-order valence-corrected chi connectivity index (χ4v) is 2.02. The molecule has 0 saturated carbocycles. The van der Waals surface area contributed by atoms with Gasteiger partial charge in [-0.25, -0.2) is 8.78 Å². The van der Waals surface area contributed by atoms with E-state index in [1.54, 1.807) is 0 Å². The number of fused-ring (bicyclic) bond motifs is 3. The van der Waals surface area contributed by atoms with Crippen molar-refractivity contribution in [2.24, 2.45) is 0 Å². The average Bonchev–Trinajstić information content (AvgIpc) is 2.52. The summed E-state index contributed by atoms with van der Waals surface area (Å²) >= 11 is 0. The van der Waals surface area contributed by atoms with Crippen LogP contribution < -0.4 is 0 Å². The van der Waals surface area contributed by atoms with E-state index in [-0.39, 0.29) is 5.78 Å². The van der Waals surface area contributed by atoms with Crippen molar-refractivity contribution in [3.63, 3.8) is 0 Å². The first-order chi connectivity index (χ1) is 7.66. The number of carbonyl (C=O) groups is 1. The molecule has 0 aliphatic heterocycles. The lowest BCUT2D eigenvalue weighted by Crippen LogP contribution is -1.94. The third kappa shape index (κ3) is 1.11. The highest BCUT2D eigenvalue weighted by molar-refractivity contribution is 6.21. The molecular formula is C13H6F2O. The Morgan fingerprint density at radius 3 is 1.56 bits per heavy atom. The van der Waals surface area contributed by atoms with Gasteiger partial charge in [0.05, 0.1) is 0 Å². The predicted octanol–water partition coefficient (Wildman–Crippen LogP) is 3.18. The number of benzene rings is 2. The lowest BCUT2D eigenvalue weighted by molar-refractivity contribution is 0.104. The summed E-state index contributed by atoms with van der Waals surface area (Å²) in [5, 5.41) is 0. The Balaban J connectivity index is 2.37. The minimum absolute atomic E-state index is 0.176. The van der Waals surface area contributed by atoms with Gasteiger partial charge in [0.25, 0.3) is 0 Å². The van der Waals surface area contributed by atoms with Gasteiger partial charge in [0.2, 0.25) is 0 Å². The van der Waals surface area contributed by atoms with Crippen molar-refractivity contribution in [3.8, 4) is 11.1 Å². The summed E-state index contributed by atoms with van der Waals surface area (Å²) < 4.78 is 26.2. The molecule has 2 aromatic rings. The molecule has 16 heavy (non-hydrogen) atoms. The van der Waals surface area contributed by atoms with Crippen LogP contribution in [0.4, 0.5) is 8.78 Å². The minimum Gasteiger partial charge on any atom is -0.289 e. The highest BCUT2D eigenvalue weighted by Crippen LogP contribution is 2.37. The zero-order valence-electron chi connectivity index (χ0n) is 8.13. The Labute approximate surface area is 90.3 Å². The second-order valence-corrected chi connectivity index (χ2v) is 3.71. The van der Waals surface area contributed by atoms with Gasteiger partial charge in [-0.1, -0.05) is 0 Å². The highest BCUT2D eigenvalue weighted by atomic mass is 19.1. The Morgan fingerprint density at radius 1 is 0.688 bits per heavy atom. The summed E-state index contributed by atoms with van der Waals surface area (Å²) in [6.45, 7) is 0. The van der Waals surface area contributed by atoms with Crippen LogP contribution in [0.1, 0.15) is 15.9 Å². The van der Waals surface area contributed by atoms with Crippen LogP contribution in [0.25, 0.3) is 11.1 Å². The topological polar surface area (TPSA) is 17.1 Å². The summed E-state index contributed by atoms with van der Waals surface area (Å²) in [7, 11) is 0. The van der Waals surface area contributed by atoms with Crippen LogP contribution in [-0.4, -0.2) is 5.78 Å². The van der Waals surface area contributed by atoms with E-state index in [1.807, 2.05) is 0 Å². The van der Waals surface area contributed by atoms with E-state index in [0.717, 1.165) is 0 Å². The normalized spacial score (nSPS) is 12.5. The molecule has 1 nitrogen and oxygen atoms in total. The lowest BCUT2D eigenvalue weighted by Gasteiger charge is -1.99. The number of rotatable bonds is 0. The van der Waals surface area contributed by atoms with Gasteiger partial charge in [0.1, 0.15) is 11.6 Å². The van der Waals surface area contributed by atoms with Crippen molar-refractivity contribution < 1.29 is 13.6 Å². The van der Waals surface area contributed by atoms with E-state index >= 15 is 0 Å². The van der Waals surface area contributed by atoms with Crippen molar-refractivity contribution in [1.82, 2.24) is 0 Å².